The fraction of sp³-hybridized carbons (Fsp3) is 0.154. The number of rotatable bonds is 5. The number of carboxylic acid groups (broad SMARTS) is 1. The molecule has 8 nitrogen and oxygen atoms in total. The van der Waals surface area contributed by atoms with E-state index in [9.17, 15) is 14.7 Å². The fourth-order valence-electron chi connectivity index (χ4n) is 1.59. The molecule has 0 aliphatic carbocycles. The summed E-state index contributed by atoms with van der Waals surface area (Å²) in [5.74, 6) is -1.75. The van der Waals surface area contributed by atoms with Gasteiger partial charge in [0, 0.05) is 13.2 Å². The van der Waals surface area contributed by atoms with Gasteiger partial charge < -0.3 is 24.8 Å². The van der Waals surface area contributed by atoms with Crippen molar-refractivity contribution in [1.82, 2.24) is 5.16 Å². The Labute approximate surface area is 118 Å². The van der Waals surface area contributed by atoms with E-state index in [1.807, 2.05) is 0 Å². The molecule has 21 heavy (non-hydrogen) atoms. The molecule has 8 heteroatoms. The number of anilines is 1. The van der Waals surface area contributed by atoms with Crippen molar-refractivity contribution < 1.29 is 29.1 Å². The molecule has 1 aromatic heterocycles. The molecule has 0 unspecified atom stereocenters. The molecule has 1 amide bonds. The summed E-state index contributed by atoms with van der Waals surface area (Å²) in [7, 11) is 1.48. The van der Waals surface area contributed by atoms with E-state index in [-0.39, 0.29) is 29.3 Å². The average Bonchev–Trinajstić information content (AvgIpc) is 2.90. The molecular formula is C13H12N2O6. The normalized spacial score (nSPS) is 10.3. The summed E-state index contributed by atoms with van der Waals surface area (Å²) in [6.07, 6.45) is 0. The third kappa shape index (κ3) is 3.37. The van der Waals surface area contributed by atoms with E-state index in [0.29, 0.717) is 5.76 Å². The number of carbonyl (C=O) groups is 2. The van der Waals surface area contributed by atoms with Gasteiger partial charge in [-0.15, -0.1) is 0 Å². The van der Waals surface area contributed by atoms with Crippen LogP contribution in [0, 0.1) is 0 Å². The first-order chi connectivity index (χ1) is 10.0. The minimum Gasteiger partial charge on any atom is -0.506 e. The van der Waals surface area contributed by atoms with E-state index >= 15 is 0 Å². The van der Waals surface area contributed by atoms with Crippen molar-refractivity contribution in [1.29, 1.82) is 0 Å². The number of carboxylic acids is 1. The molecular weight excluding hydrogens is 280 g/mol. The zero-order chi connectivity index (χ0) is 15.4. The first-order valence-corrected chi connectivity index (χ1v) is 5.83. The number of phenolic OH excluding ortho intramolecular Hbond substituents is 1. The fourth-order valence-corrected chi connectivity index (χ4v) is 1.59. The zero-order valence-corrected chi connectivity index (χ0v) is 11.0. The van der Waals surface area contributed by atoms with Crippen molar-refractivity contribution >= 4 is 17.6 Å². The van der Waals surface area contributed by atoms with Crippen LogP contribution in [0.2, 0.25) is 0 Å². The van der Waals surface area contributed by atoms with Crippen LogP contribution in [0.5, 0.6) is 5.75 Å². The highest BCUT2D eigenvalue weighted by atomic mass is 16.5. The van der Waals surface area contributed by atoms with Crippen LogP contribution in [0.15, 0.2) is 28.8 Å². The lowest BCUT2D eigenvalue weighted by Gasteiger charge is -2.06. The molecule has 0 radical (unpaired) electrons. The lowest BCUT2D eigenvalue weighted by molar-refractivity contribution is 0.0696. The molecule has 0 spiro atoms. The molecule has 3 N–H and O–H groups in total. The molecule has 0 aliphatic heterocycles. The summed E-state index contributed by atoms with van der Waals surface area (Å²) in [4.78, 5) is 22.6. The summed E-state index contributed by atoms with van der Waals surface area (Å²) in [5, 5.41) is 24.4. The van der Waals surface area contributed by atoms with Crippen LogP contribution in [0.3, 0.4) is 0 Å². The minimum atomic E-state index is -1.18. The van der Waals surface area contributed by atoms with Crippen molar-refractivity contribution in [3.8, 4) is 5.75 Å². The number of ether oxygens (including phenoxy) is 1. The standard InChI is InChI=1S/C13H12N2O6/c1-20-6-8-5-10(15-21-8)12(17)14-9-3-2-7(13(18)19)4-11(9)16/h2-5,16H,6H2,1H3,(H,14,17)(H,18,19). The van der Waals surface area contributed by atoms with Crippen LogP contribution >= 0.6 is 0 Å². The van der Waals surface area contributed by atoms with E-state index in [4.69, 9.17) is 14.4 Å². The summed E-state index contributed by atoms with van der Waals surface area (Å²) in [6.45, 7) is 0.179. The van der Waals surface area contributed by atoms with Crippen molar-refractivity contribution in [3.05, 3.63) is 41.3 Å². The Morgan fingerprint density at radius 2 is 2.14 bits per heavy atom. The number of aromatic nitrogens is 1. The first-order valence-electron chi connectivity index (χ1n) is 5.83. The third-order valence-corrected chi connectivity index (χ3v) is 2.57. The lowest BCUT2D eigenvalue weighted by Crippen LogP contribution is -2.12. The van der Waals surface area contributed by atoms with Gasteiger partial charge in [-0.3, -0.25) is 4.79 Å². The molecule has 0 aliphatic rings. The first kappa shape index (κ1) is 14.5. The Balaban J connectivity index is 2.13. The highest BCUT2D eigenvalue weighted by Crippen LogP contribution is 2.24. The van der Waals surface area contributed by atoms with Crippen LogP contribution in [-0.4, -0.2) is 34.4 Å². The number of phenols is 1. The van der Waals surface area contributed by atoms with E-state index in [1.54, 1.807) is 0 Å². The molecule has 2 aromatic rings. The van der Waals surface area contributed by atoms with Crippen molar-refractivity contribution in [3.63, 3.8) is 0 Å². The average molecular weight is 292 g/mol. The van der Waals surface area contributed by atoms with Gasteiger partial charge in [0.05, 0.1) is 11.3 Å². The number of benzene rings is 1. The molecule has 110 valence electrons. The molecule has 2 rings (SSSR count). The van der Waals surface area contributed by atoms with Gasteiger partial charge in [0.25, 0.3) is 5.91 Å². The van der Waals surface area contributed by atoms with E-state index in [0.717, 1.165) is 6.07 Å². The predicted molar refractivity (Wildman–Crippen MR) is 70.2 cm³/mol. The zero-order valence-electron chi connectivity index (χ0n) is 11.0. The largest absolute Gasteiger partial charge is 0.506 e. The number of nitrogens with zero attached hydrogens (tertiary/aromatic N) is 1. The number of hydrogen-bond acceptors (Lipinski definition) is 6. The van der Waals surface area contributed by atoms with E-state index in [1.165, 1.54) is 25.3 Å². The number of aromatic carboxylic acids is 1. The summed E-state index contributed by atoms with van der Waals surface area (Å²) in [6, 6.07) is 4.99. The van der Waals surface area contributed by atoms with Crippen LogP contribution in [-0.2, 0) is 11.3 Å². The van der Waals surface area contributed by atoms with Crippen molar-refractivity contribution in [2.24, 2.45) is 0 Å². The molecule has 0 atom stereocenters. The maximum absolute atomic E-state index is 11.9. The van der Waals surface area contributed by atoms with Crippen LogP contribution in [0.4, 0.5) is 5.69 Å². The van der Waals surface area contributed by atoms with Crippen molar-refractivity contribution in [2.75, 3.05) is 12.4 Å². The highest BCUT2D eigenvalue weighted by Gasteiger charge is 2.15. The Hall–Kier alpha value is -2.87. The van der Waals surface area contributed by atoms with Gasteiger partial charge in [-0.1, -0.05) is 5.16 Å². The minimum absolute atomic E-state index is 0.0174. The monoisotopic (exact) mass is 292 g/mol. The Kier molecular flexibility index (Phi) is 4.19. The van der Waals surface area contributed by atoms with Gasteiger partial charge in [-0.2, -0.15) is 0 Å². The summed E-state index contributed by atoms with van der Waals surface area (Å²) >= 11 is 0. The van der Waals surface area contributed by atoms with Crippen LogP contribution < -0.4 is 5.32 Å². The molecule has 0 bridgehead atoms. The van der Waals surface area contributed by atoms with Gasteiger partial charge in [0.15, 0.2) is 11.5 Å². The number of carbonyl (C=O) groups excluding carboxylic acids is 1. The quantitative estimate of drug-likeness (QED) is 0.713. The lowest BCUT2D eigenvalue weighted by atomic mass is 10.2. The maximum Gasteiger partial charge on any atom is 0.335 e. The number of nitrogens with one attached hydrogen (secondary N) is 1. The Bertz CT molecular complexity index is 679. The molecule has 1 aromatic carbocycles. The second-order valence-corrected chi connectivity index (χ2v) is 4.10. The number of hydrogen-bond donors (Lipinski definition) is 3. The molecule has 0 fully saturated rings. The topological polar surface area (TPSA) is 122 Å². The molecule has 1 heterocycles. The number of methoxy groups -OCH3 is 1. The van der Waals surface area contributed by atoms with E-state index in [2.05, 4.69) is 10.5 Å². The Morgan fingerprint density at radius 1 is 1.38 bits per heavy atom. The second-order valence-electron chi connectivity index (χ2n) is 4.10. The third-order valence-electron chi connectivity index (χ3n) is 2.57. The summed E-state index contributed by atoms with van der Waals surface area (Å²) in [5.41, 5.74) is -0.000585. The van der Waals surface area contributed by atoms with Crippen molar-refractivity contribution in [2.45, 2.75) is 6.61 Å². The van der Waals surface area contributed by atoms with Gasteiger partial charge in [0.1, 0.15) is 12.4 Å². The van der Waals surface area contributed by atoms with Gasteiger partial charge >= 0.3 is 5.97 Å². The van der Waals surface area contributed by atoms with Gasteiger partial charge in [0.2, 0.25) is 0 Å². The molecule has 0 saturated carbocycles. The van der Waals surface area contributed by atoms with Crippen LogP contribution in [0.1, 0.15) is 26.6 Å². The van der Waals surface area contributed by atoms with Crippen LogP contribution in [0.25, 0.3) is 0 Å². The maximum atomic E-state index is 11.9. The summed E-state index contributed by atoms with van der Waals surface area (Å²) < 4.78 is 9.70. The highest BCUT2D eigenvalue weighted by molar-refractivity contribution is 6.04. The second kappa shape index (κ2) is 6.06. The van der Waals surface area contributed by atoms with Gasteiger partial charge in [-0.25, -0.2) is 4.79 Å². The smallest absolute Gasteiger partial charge is 0.335 e. The SMILES string of the molecule is COCc1cc(C(=O)Nc2ccc(C(=O)O)cc2O)no1. The van der Waals surface area contributed by atoms with Gasteiger partial charge in [-0.05, 0) is 18.2 Å². The Morgan fingerprint density at radius 3 is 2.76 bits per heavy atom. The number of amides is 1. The molecule has 0 saturated heterocycles. The van der Waals surface area contributed by atoms with E-state index < -0.39 is 11.9 Å². The number of aromatic hydroxyl groups is 1. The predicted octanol–water partition coefficient (Wildman–Crippen LogP) is 1.48.